The number of aryl methyl sites for hydroxylation is 2. The van der Waals surface area contributed by atoms with Crippen LogP contribution in [0.3, 0.4) is 0 Å². The van der Waals surface area contributed by atoms with Crippen LogP contribution in [0, 0.1) is 10.1 Å². The van der Waals surface area contributed by atoms with Crippen LogP contribution in [0.5, 0.6) is 0 Å². The smallest absolute Gasteiger partial charge is 0.333 e. The summed E-state index contributed by atoms with van der Waals surface area (Å²) in [5, 5.41) is 18.8. The minimum Gasteiger partial charge on any atom is -0.363 e. The third-order valence-electron chi connectivity index (χ3n) is 3.92. The second-order valence-electron chi connectivity index (χ2n) is 5.56. The molecule has 1 aliphatic carbocycles. The summed E-state index contributed by atoms with van der Waals surface area (Å²) < 4.78 is 1.59. The molecule has 1 aromatic rings. The number of nitrogens with one attached hydrogen (secondary N) is 1. The maximum absolute atomic E-state index is 11.3. The quantitative estimate of drug-likeness (QED) is 0.558. The molecule has 0 spiro atoms. The Morgan fingerprint density at radius 2 is 2.19 bits per heavy atom. The molecule has 0 aromatic carbocycles. The molecule has 0 bridgehead atoms. The van der Waals surface area contributed by atoms with Gasteiger partial charge in [-0.05, 0) is 25.8 Å². The Hall–Kier alpha value is -1.63. The predicted molar refractivity (Wildman–Crippen MR) is 82.6 cm³/mol. The van der Waals surface area contributed by atoms with Crippen molar-refractivity contribution < 1.29 is 4.92 Å². The van der Waals surface area contributed by atoms with Crippen molar-refractivity contribution in [1.29, 1.82) is 0 Å². The average Bonchev–Trinajstić information content (AvgIpc) is 3.21. The first-order valence-corrected chi connectivity index (χ1v) is 7.76. The van der Waals surface area contributed by atoms with E-state index in [0.717, 1.165) is 19.5 Å². The molecule has 0 saturated heterocycles. The van der Waals surface area contributed by atoms with Crippen molar-refractivity contribution in [3.8, 4) is 0 Å². The van der Waals surface area contributed by atoms with E-state index in [1.807, 2.05) is 6.92 Å². The molecule has 7 nitrogen and oxygen atoms in total. The number of nitrogens with zero attached hydrogens (tertiary/aromatic N) is 4. The molecule has 1 aliphatic rings. The number of aromatic nitrogens is 2. The Morgan fingerprint density at radius 3 is 2.71 bits per heavy atom. The van der Waals surface area contributed by atoms with Gasteiger partial charge in [0.05, 0.1) is 4.92 Å². The molecule has 7 heteroatoms. The van der Waals surface area contributed by atoms with E-state index < -0.39 is 0 Å². The normalized spacial score (nSPS) is 14.7. The van der Waals surface area contributed by atoms with Crippen LogP contribution in [0.15, 0.2) is 0 Å². The van der Waals surface area contributed by atoms with E-state index in [0.29, 0.717) is 30.5 Å². The number of nitro groups is 1. The number of hydrogen-bond acceptors (Lipinski definition) is 5. The Morgan fingerprint density at radius 1 is 1.48 bits per heavy atom. The highest BCUT2D eigenvalue weighted by Crippen LogP contribution is 2.29. The Kier molecular flexibility index (Phi) is 5.17. The van der Waals surface area contributed by atoms with Gasteiger partial charge in [0, 0.05) is 26.2 Å². The van der Waals surface area contributed by atoms with Gasteiger partial charge in [-0.1, -0.05) is 20.3 Å². The molecule has 2 rings (SSSR count). The summed E-state index contributed by atoms with van der Waals surface area (Å²) in [4.78, 5) is 13.4. The van der Waals surface area contributed by atoms with E-state index in [1.165, 1.54) is 12.8 Å². The average molecular weight is 295 g/mol. The molecule has 21 heavy (non-hydrogen) atoms. The van der Waals surface area contributed by atoms with E-state index in [9.17, 15) is 10.1 Å². The monoisotopic (exact) mass is 295 g/mol. The van der Waals surface area contributed by atoms with Gasteiger partial charge < -0.3 is 5.32 Å². The lowest BCUT2D eigenvalue weighted by molar-refractivity contribution is -0.384. The molecule has 1 N–H and O–H groups in total. The minimum absolute atomic E-state index is 0.133. The zero-order chi connectivity index (χ0) is 15.4. The van der Waals surface area contributed by atoms with Crippen molar-refractivity contribution >= 4 is 11.5 Å². The summed E-state index contributed by atoms with van der Waals surface area (Å²) in [5.41, 5.74) is 0.705. The third kappa shape index (κ3) is 3.72. The highest BCUT2D eigenvalue weighted by molar-refractivity contribution is 5.59. The fourth-order valence-electron chi connectivity index (χ4n) is 2.72. The van der Waals surface area contributed by atoms with Crippen LogP contribution in [0.25, 0.3) is 0 Å². The Bertz CT molecular complexity index is 496. The van der Waals surface area contributed by atoms with E-state index >= 15 is 0 Å². The summed E-state index contributed by atoms with van der Waals surface area (Å²) in [6.45, 7) is 6.80. The van der Waals surface area contributed by atoms with E-state index in [1.54, 1.807) is 11.7 Å². The van der Waals surface area contributed by atoms with Crippen molar-refractivity contribution in [2.45, 2.75) is 45.6 Å². The molecule has 1 fully saturated rings. The second kappa shape index (κ2) is 6.89. The minimum atomic E-state index is -0.321. The standard InChI is InChI=1S/C14H25N5O2/c1-4-6-12-13(19(20)21)14(17(3)16-12)15-9-10-18(5-2)11-7-8-11/h11,15H,4-10H2,1-3H3. The first-order chi connectivity index (χ1) is 10.1. The molecule has 0 unspecified atom stereocenters. The fourth-order valence-corrected chi connectivity index (χ4v) is 2.72. The number of anilines is 1. The molecule has 118 valence electrons. The van der Waals surface area contributed by atoms with Crippen molar-refractivity contribution in [1.82, 2.24) is 14.7 Å². The third-order valence-corrected chi connectivity index (χ3v) is 3.92. The van der Waals surface area contributed by atoms with E-state index in [2.05, 4.69) is 22.2 Å². The van der Waals surface area contributed by atoms with Gasteiger partial charge in [-0.3, -0.25) is 15.0 Å². The van der Waals surface area contributed by atoms with Crippen LogP contribution in [-0.4, -0.2) is 45.3 Å². The molecule has 0 radical (unpaired) electrons. The lowest BCUT2D eigenvalue weighted by atomic mass is 10.2. The topological polar surface area (TPSA) is 76.2 Å². The van der Waals surface area contributed by atoms with Gasteiger partial charge in [-0.2, -0.15) is 5.10 Å². The summed E-state index contributed by atoms with van der Waals surface area (Å²) in [6, 6.07) is 0.717. The molecular formula is C14H25N5O2. The van der Waals surface area contributed by atoms with Gasteiger partial charge in [0.25, 0.3) is 0 Å². The molecule has 0 aliphatic heterocycles. The Labute approximate surface area is 125 Å². The van der Waals surface area contributed by atoms with Crippen molar-refractivity contribution in [3.63, 3.8) is 0 Å². The SMILES string of the molecule is CCCc1nn(C)c(NCCN(CC)C2CC2)c1[N+](=O)[O-]. The molecular weight excluding hydrogens is 270 g/mol. The van der Waals surface area contributed by atoms with Gasteiger partial charge >= 0.3 is 5.69 Å². The van der Waals surface area contributed by atoms with Gasteiger partial charge in [0.2, 0.25) is 5.82 Å². The van der Waals surface area contributed by atoms with Gasteiger partial charge in [-0.25, -0.2) is 4.68 Å². The van der Waals surface area contributed by atoms with Crippen LogP contribution in [0.4, 0.5) is 11.5 Å². The van der Waals surface area contributed by atoms with E-state index in [4.69, 9.17) is 0 Å². The molecule has 0 atom stereocenters. The first-order valence-electron chi connectivity index (χ1n) is 7.76. The molecule has 0 amide bonds. The van der Waals surface area contributed by atoms with Crippen molar-refractivity contribution in [2.24, 2.45) is 7.05 Å². The largest absolute Gasteiger partial charge is 0.363 e. The summed E-state index contributed by atoms with van der Waals surface area (Å²) in [5.74, 6) is 0.523. The lowest BCUT2D eigenvalue weighted by Gasteiger charge is -2.19. The maximum Gasteiger partial charge on any atom is 0.333 e. The van der Waals surface area contributed by atoms with Gasteiger partial charge in [0.1, 0.15) is 5.69 Å². The van der Waals surface area contributed by atoms with Crippen molar-refractivity contribution in [2.75, 3.05) is 25.0 Å². The number of hydrogen-bond donors (Lipinski definition) is 1. The molecule has 1 saturated carbocycles. The predicted octanol–water partition coefficient (Wildman–Crippen LogP) is 2.18. The fraction of sp³-hybridized carbons (Fsp3) is 0.786. The van der Waals surface area contributed by atoms with Gasteiger partial charge in [-0.15, -0.1) is 0 Å². The van der Waals surface area contributed by atoms with Crippen LogP contribution < -0.4 is 5.32 Å². The van der Waals surface area contributed by atoms with E-state index in [-0.39, 0.29) is 10.6 Å². The molecule has 1 aromatic heterocycles. The first kappa shape index (κ1) is 15.8. The van der Waals surface area contributed by atoms with Crippen LogP contribution >= 0.6 is 0 Å². The van der Waals surface area contributed by atoms with Crippen LogP contribution in [0.2, 0.25) is 0 Å². The van der Waals surface area contributed by atoms with Crippen LogP contribution in [-0.2, 0) is 13.5 Å². The van der Waals surface area contributed by atoms with Crippen LogP contribution in [0.1, 0.15) is 38.8 Å². The maximum atomic E-state index is 11.3. The van der Waals surface area contributed by atoms with Gasteiger partial charge in [0.15, 0.2) is 0 Å². The summed E-state index contributed by atoms with van der Waals surface area (Å²) >= 11 is 0. The number of rotatable bonds is 9. The second-order valence-corrected chi connectivity index (χ2v) is 5.56. The summed E-state index contributed by atoms with van der Waals surface area (Å²) in [6.07, 6.45) is 4.04. The highest BCUT2D eigenvalue weighted by atomic mass is 16.6. The van der Waals surface area contributed by atoms with Crippen molar-refractivity contribution in [3.05, 3.63) is 15.8 Å². The zero-order valence-electron chi connectivity index (χ0n) is 13.1. The number of likely N-dealkylation sites (N-methyl/N-ethyl adjacent to an activating group) is 1. The zero-order valence-corrected chi connectivity index (χ0v) is 13.1. The summed E-state index contributed by atoms with van der Waals surface area (Å²) in [7, 11) is 1.76. The lowest BCUT2D eigenvalue weighted by Crippen LogP contribution is -2.31. The Balaban J connectivity index is 2.02. The molecule has 1 heterocycles. The highest BCUT2D eigenvalue weighted by Gasteiger charge is 2.28.